The van der Waals surface area contributed by atoms with Gasteiger partial charge in [-0.3, -0.25) is 0 Å². The lowest BCUT2D eigenvalue weighted by atomic mass is 10.2. The first kappa shape index (κ1) is 12.8. The Hall–Kier alpha value is -1.68. The zero-order chi connectivity index (χ0) is 13.0. The van der Waals surface area contributed by atoms with Crippen LogP contribution in [0.25, 0.3) is 0 Å². The summed E-state index contributed by atoms with van der Waals surface area (Å²) >= 11 is 1.83. The fraction of sp³-hybridized carbons (Fsp3) is 0.286. The second kappa shape index (κ2) is 5.78. The van der Waals surface area contributed by atoms with E-state index in [2.05, 4.69) is 24.4 Å². The molecule has 2 rings (SSSR count). The van der Waals surface area contributed by atoms with Gasteiger partial charge in [0.2, 0.25) is 0 Å². The number of aryl methyl sites for hydroxylation is 1. The van der Waals surface area contributed by atoms with E-state index < -0.39 is 0 Å². The number of rotatable bonds is 5. The highest BCUT2D eigenvalue weighted by Gasteiger charge is 2.05. The number of hydrogen-bond donors (Lipinski definition) is 2. The number of hydrogen-bond acceptors (Lipinski definition) is 4. The van der Waals surface area contributed by atoms with Gasteiger partial charge >= 0.3 is 0 Å². The van der Waals surface area contributed by atoms with Crippen molar-refractivity contribution in [3.05, 3.63) is 40.1 Å². The van der Waals surface area contributed by atoms with Crippen LogP contribution in [0.1, 0.15) is 16.7 Å². The van der Waals surface area contributed by atoms with Gasteiger partial charge in [-0.15, -0.1) is 11.3 Å². The molecule has 1 aromatic carbocycles. The summed E-state index contributed by atoms with van der Waals surface area (Å²) in [5.41, 5.74) is 7.58. The zero-order valence-electron chi connectivity index (χ0n) is 10.7. The largest absolute Gasteiger partial charge is 0.495 e. The summed E-state index contributed by atoms with van der Waals surface area (Å²) in [6.45, 7) is 2.96. The first-order valence-corrected chi connectivity index (χ1v) is 6.80. The number of anilines is 2. The summed E-state index contributed by atoms with van der Waals surface area (Å²) in [6.07, 6.45) is 1.09. The molecule has 0 spiro atoms. The number of nitrogens with one attached hydrogen (secondary N) is 1. The lowest BCUT2D eigenvalue weighted by Gasteiger charge is -2.11. The molecule has 4 heteroatoms. The maximum atomic E-state index is 6.01. The van der Waals surface area contributed by atoms with Crippen LogP contribution >= 0.6 is 11.3 Å². The van der Waals surface area contributed by atoms with E-state index in [1.165, 1.54) is 9.75 Å². The number of para-hydroxylation sites is 1. The van der Waals surface area contributed by atoms with Gasteiger partial charge in [-0.1, -0.05) is 13.0 Å². The molecular formula is C14H18N2OS. The lowest BCUT2D eigenvalue weighted by Crippen LogP contribution is -2.02. The average molecular weight is 262 g/mol. The molecular weight excluding hydrogens is 244 g/mol. The Labute approximate surface area is 112 Å². The van der Waals surface area contributed by atoms with Crippen molar-refractivity contribution in [1.29, 1.82) is 0 Å². The highest BCUT2D eigenvalue weighted by molar-refractivity contribution is 7.12. The highest BCUT2D eigenvalue weighted by Crippen LogP contribution is 2.29. The smallest absolute Gasteiger partial charge is 0.143 e. The van der Waals surface area contributed by atoms with E-state index in [0.717, 1.165) is 18.7 Å². The summed E-state index contributed by atoms with van der Waals surface area (Å²) in [5.74, 6) is 0.709. The van der Waals surface area contributed by atoms with Gasteiger partial charge in [0.25, 0.3) is 0 Å². The maximum Gasteiger partial charge on any atom is 0.143 e. The van der Waals surface area contributed by atoms with Crippen LogP contribution in [0.3, 0.4) is 0 Å². The maximum absolute atomic E-state index is 6.01. The van der Waals surface area contributed by atoms with Gasteiger partial charge < -0.3 is 15.8 Å². The van der Waals surface area contributed by atoms with Crippen LogP contribution in [0.4, 0.5) is 11.4 Å². The van der Waals surface area contributed by atoms with Gasteiger partial charge in [0.1, 0.15) is 5.75 Å². The molecule has 0 unspecified atom stereocenters. The van der Waals surface area contributed by atoms with E-state index in [9.17, 15) is 0 Å². The van der Waals surface area contributed by atoms with Crippen molar-refractivity contribution in [2.45, 2.75) is 19.9 Å². The van der Waals surface area contributed by atoms with Crippen molar-refractivity contribution in [3.8, 4) is 5.75 Å². The fourth-order valence-electron chi connectivity index (χ4n) is 1.77. The van der Waals surface area contributed by atoms with Crippen molar-refractivity contribution >= 4 is 22.7 Å². The third-order valence-electron chi connectivity index (χ3n) is 2.80. The van der Waals surface area contributed by atoms with Crippen molar-refractivity contribution in [2.75, 3.05) is 18.2 Å². The predicted molar refractivity (Wildman–Crippen MR) is 78.4 cm³/mol. The molecule has 0 atom stereocenters. The normalized spacial score (nSPS) is 10.3. The molecule has 0 aliphatic rings. The second-order valence-corrected chi connectivity index (χ2v) is 5.25. The molecule has 0 saturated carbocycles. The number of nitrogen functional groups attached to an aromatic ring is 1. The SMILES string of the molecule is CCc1ccc(CNc2cccc(OC)c2N)s1. The number of ether oxygens (including phenoxy) is 1. The Morgan fingerprint density at radius 1 is 1.22 bits per heavy atom. The lowest BCUT2D eigenvalue weighted by molar-refractivity contribution is 0.417. The molecule has 3 N–H and O–H groups in total. The monoisotopic (exact) mass is 262 g/mol. The highest BCUT2D eigenvalue weighted by atomic mass is 32.1. The van der Waals surface area contributed by atoms with Crippen LogP contribution in [0.2, 0.25) is 0 Å². The third kappa shape index (κ3) is 2.76. The molecule has 0 amide bonds. The minimum atomic E-state index is 0.660. The summed E-state index contributed by atoms with van der Waals surface area (Å²) in [6, 6.07) is 10.1. The molecule has 0 fully saturated rings. The first-order valence-electron chi connectivity index (χ1n) is 5.98. The molecule has 3 nitrogen and oxygen atoms in total. The van der Waals surface area contributed by atoms with Crippen molar-refractivity contribution in [3.63, 3.8) is 0 Å². The Kier molecular flexibility index (Phi) is 4.10. The number of thiophene rings is 1. The van der Waals surface area contributed by atoms with Crippen LogP contribution in [0.5, 0.6) is 5.75 Å². The molecule has 0 aliphatic carbocycles. The van der Waals surface area contributed by atoms with Gasteiger partial charge in [-0.25, -0.2) is 0 Å². The molecule has 1 heterocycles. The Morgan fingerprint density at radius 3 is 2.67 bits per heavy atom. The summed E-state index contributed by atoms with van der Waals surface area (Å²) < 4.78 is 5.20. The minimum Gasteiger partial charge on any atom is -0.495 e. The average Bonchev–Trinajstić information content (AvgIpc) is 2.85. The molecule has 1 aromatic heterocycles. The Bertz CT molecular complexity index is 522. The van der Waals surface area contributed by atoms with E-state index in [1.807, 2.05) is 29.5 Å². The predicted octanol–water partition coefficient (Wildman–Crippen LogP) is 3.51. The Balaban J connectivity index is 2.06. The third-order valence-corrected chi connectivity index (χ3v) is 4.03. The molecule has 0 saturated heterocycles. The van der Waals surface area contributed by atoms with E-state index in [0.29, 0.717) is 11.4 Å². The molecule has 0 bridgehead atoms. The zero-order valence-corrected chi connectivity index (χ0v) is 11.5. The van der Waals surface area contributed by atoms with Crippen molar-refractivity contribution in [2.24, 2.45) is 0 Å². The van der Waals surface area contributed by atoms with Crippen LogP contribution in [0, 0.1) is 0 Å². The fourth-order valence-corrected chi connectivity index (χ4v) is 2.66. The summed E-state index contributed by atoms with van der Waals surface area (Å²) in [5, 5.41) is 3.35. The molecule has 2 aromatic rings. The number of methoxy groups -OCH3 is 1. The number of benzene rings is 1. The van der Waals surface area contributed by atoms with Gasteiger partial charge in [-0.2, -0.15) is 0 Å². The molecule has 0 radical (unpaired) electrons. The van der Waals surface area contributed by atoms with Gasteiger partial charge in [0.15, 0.2) is 0 Å². The first-order chi connectivity index (χ1) is 8.74. The quantitative estimate of drug-likeness (QED) is 0.811. The van der Waals surface area contributed by atoms with E-state index in [-0.39, 0.29) is 0 Å². The molecule has 0 aliphatic heterocycles. The van der Waals surface area contributed by atoms with Gasteiger partial charge in [-0.05, 0) is 30.7 Å². The summed E-state index contributed by atoms with van der Waals surface area (Å²) in [4.78, 5) is 2.72. The standard InChI is InChI=1S/C14H18N2OS/c1-3-10-7-8-11(18-10)9-16-12-5-4-6-13(17-2)14(12)15/h4-8,16H,3,9,15H2,1-2H3. The Morgan fingerprint density at radius 2 is 2.00 bits per heavy atom. The summed E-state index contributed by atoms with van der Waals surface area (Å²) in [7, 11) is 1.63. The van der Waals surface area contributed by atoms with Crippen molar-refractivity contribution in [1.82, 2.24) is 0 Å². The van der Waals surface area contributed by atoms with E-state index in [4.69, 9.17) is 10.5 Å². The topological polar surface area (TPSA) is 47.3 Å². The van der Waals surface area contributed by atoms with E-state index >= 15 is 0 Å². The second-order valence-electron chi connectivity index (χ2n) is 4.00. The van der Waals surface area contributed by atoms with Crippen molar-refractivity contribution < 1.29 is 4.74 Å². The molecule has 96 valence electrons. The number of nitrogens with two attached hydrogens (primary N) is 1. The minimum absolute atomic E-state index is 0.660. The van der Waals surface area contributed by atoms with Gasteiger partial charge in [0.05, 0.1) is 18.5 Å². The van der Waals surface area contributed by atoms with Crippen LogP contribution in [-0.2, 0) is 13.0 Å². The van der Waals surface area contributed by atoms with Gasteiger partial charge in [0, 0.05) is 16.3 Å². The van der Waals surface area contributed by atoms with Crippen LogP contribution < -0.4 is 15.8 Å². The molecule has 18 heavy (non-hydrogen) atoms. The van der Waals surface area contributed by atoms with Crippen LogP contribution in [0.15, 0.2) is 30.3 Å². The van der Waals surface area contributed by atoms with Crippen LogP contribution in [-0.4, -0.2) is 7.11 Å². The van der Waals surface area contributed by atoms with E-state index in [1.54, 1.807) is 7.11 Å².